The van der Waals surface area contributed by atoms with Gasteiger partial charge in [-0.2, -0.15) is 0 Å². The van der Waals surface area contributed by atoms with Crippen molar-refractivity contribution in [2.24, 2.45) is 0 Å². The van der Waals surface area contributed by atoms with Crippen LogP contribution < -0.4 is 0 Å². The molecule has 0 aliphatic carbocycles. The first-order chi connectivity index (χ1) is 39.4. The maximum absolute atomic E-state index is 10.6. The Kier molecular flexibility index (Phi) is 20.4. The summed E-state index contributed by atoms with van der Waals surface area (Å²) in [6.07, 6.45) is -24.6. The van der Waals surface area contributed by atoms with Crippen molar-refractivity contribution in [3.8, 4) is 0 Å². The molecule has 82 heavy (non-hydrogen) atoms. The molecule has 0 bridgehead atoms. The number of aliphatic hydroxyl groups excluding tert-OH is 16. The number of ether oxygens (including phenoxy) is 8. The van der Waals surface area contributed by atoms with Crippen LogP contribution in [0.2, 0.25) is 0 Å². The lowest BCUT2D eigenvalue weighted by Gasteiger charge is -2.39. The van der Waals surface area contributed by atoms with Gasteiger partial charge in [-0.1, -0.05) is 33.0 Å². The Labute approximate surface area is 462 Å². The highest BCUT2D eigenvalue weighted by molar-refractivity contribution is 5.42. The van der Waals surface area contributed by atoms with Gasteiger partial charge >= 0.3 is 0 Å². The Balaban J connectivity index is 1.01. The number of benzene rings is 1. The van der Waals surface area contributed by atoms with Gasteiger partial charge in [0.25, 0.3) is 0 Å². The summed E-state index contributed by atoms with van der Waals surface area (Å²) in [7, 11) is 0. The fourth-order valence-electron chi connectivity index (χ4n) is 9.57. The Morgan fingerprint density at radius 1 is 0.329 bits per heavy atom. The Morgan fingerprint density at radius 3 is 0.793 bits per heavy atom. The molecule has 0 radical (unpaired) electrons. The van der Waals surface area contributed by atoms with E-state index in [1.165, 1.54) is 43.5 Å². The summed E-state index contributed by atoms with van der Waals surface area (Å²) in [5, 5.41) is 197. The van der Waals surface area contributed by atoms with Gasteiger partial charge in [-0.15, -0.1) is 20.4 Å². The lowest BCUT2D eigenvalue weighted by Crippen LogP contribution is -2.59. The highest BCUT2D eigenvalue weighted by Gasteiger charge is 2.47. The summed E-state index contributed by atoms with van der Waals surface area (Å²) in [4.78, 5) is 0. The molecule has 8 heterocycles. The third-order valence-electron chi connectivity index (χ3n) is 14.3. The number of aliphatic hydroxyl groups is 16. The molecule has 36 heteroatoms. The summed E-state index contributed by atoms with van der Waals surface area (Å²) in [6, 6.07) is 3.59. The second-order valence-electron chi connectivity index (χ2n) is 20.0. The van der Waals surface area contributed by atoms with Gasteiger partial charge in [-0.25, -0.2) is 18.7 Å². The van der Waals surface area contributed by atoms with Gasteiger partial charge in [-0.3, -0.25) is 0 Å². The monoisotopic (exact) mass is 1170 g/mol. The maximum Gasteiger partial charge on any atom is 0.187 e. The van der Waals surface area contributed by atoms with Crippen molar-refractivity contribution in [2.45, 2.75) is 175 Å². The third-order valence-corrected chi connectivity index (χ3v) is 14.3. The Bertz CT molecular complexity index is 2620. The van der Waals surface area contributed by atoms with Crippen LogP contribution in [0.25, 0.3) is 0 Å². The van der Waals surface area contributed by atoms with Crippen LogP contribution in [0, 0.1) is 0 Å². The van der Waals surface area contributed by atoms with Crippen molar-refractivity contribution in [1.29, 1.82) is 0 Å². The van der Waals surface area contributed by atoms with E-state index in [9.17, 15) is 81.7 Å². The van der Waals surface area contributed by atoms with Crippen molar-refractivity contribution >= 4 is 0 Å². The van der Waals surface area contributed by atoms with E-state index in [4.69, 9.17) is 37.9 Å². The van der Waals surface area contributed by atoms with E-state index in [-0.39, 0.29) is 75.4 Å². The third kappa shape index (κ3) is 13.8. The van der Waals surface area contributed by atoms with Gasteiger partial charge in [0.1, 0.15) is 120 Å². The van der Waals surface area contributed by atoms with Crippen molar-refractivity contribution in [3.05, 3.63) is 81.9 Å². The summed E-state index contributed by atoms with van der Waals surface area (Å²) in [5.74, 6) is 0. The van der Waals surface area contributed by atoms with Gasteiger partial charge in [0.15, 0.2) is 25.2 Å². The molecule has 4 saturated heterocycles. The number of nitrogens with zero attached hydrogens (tertiary/aromatic N) is 12. The minimum atomic E-state index is -1.70. The lowest BCUT2D eigenvalue weighted by molar-refractivity contribution is -0.304. The fourth-order valence-corrected chi connectivity index (χ4v) is 9.57. The van der Waals surface area contributed by atoms with E-state index in [1.807, 2.05) is 0 Å². The van der Waals surface area contributed by atoms with Gasteiger partial charge in [-0.05, 0) is 22.3 Å². The first-order valence-corrected chi connectivity index (χ1v) is 25.7. The molecule has 16 N–H and O–H groups in total. The highest BCUT2D eigenvalue weighted by Crippen LogP contribution is 2.29. The average Bonchev–Trinajstić information content (AvgIpc) is 4.48. The van der Waals surface area contributed by atoms with E-state index in [1.54, 1.807) is 12.1 Å². The first-order valence-electron chi connectivity index (χ1n) is 25.7. The summed E-state index contributed by atoms with van der Waals surface area (Å²) in [6.45, 7) is -3.96. The van der Waals surface area contributed by atoms with Gasteiger partial charge in [0.05, 0.1) is 104 Å². The van der Waals surface area contributed by atoms with E-state index >= 15 is 0 Å². The summed E-state index contributed by atoms with van der Waals surface area (Å²) < 4.78 is 50.6. The highest BCUT2D eigenvalue weighted by atomic mass is 16.7. The smallest absolute Gasteiger partial charge is 0.187 e. The SMILES string of the molecule is OC[C@H]1O[C@H](OCc2cn(Cc3ccc(Cn4cc(CO[C@H]5O[C@H](CO)[C@@H](O)[C@H](O)[C@@H]5O)nn4)c(Cn4cc(CO[C@H]5O[C@H](CO)[C@@H](O)[C@H](O)[C@@H]5O)nn4)c3Cn3cc(CO[C@H]4O[C@H](CO)[C@@H](O)[C@H](O)[C@@H]4O)nn3)nn2)[C@@H](O)[C@@H](O)[C@@H]1O. The van der Waals surface area contributed by atoms with Crippen LogP contribution in [0.4, 0.5) is 0 Å². The van der Waals surface area contributed by atoms with E-state index in [2.05, 4.69) is 41.2 Å². The molecule has 20 atom stereocenters. The average molecular weight is 1170 g/mol. The molecule has 4 aliphatic heterocycles. The van der Waals surface area contributed by atoms with Crippen LogP contribution in [0.3, 0.4) is 0 Å². The predicted octanol–water partition coefficient (Wildman–Crippen LogP) is -10.5. The minimum Gasteiger partial charge on any atom is -0.394 e. The van der Waals surface area contributed by atoms with Gasteiger partial charge < -0.3 is 120 Å². The quantitative estimate of drug-likeness (QED) is 0.0273. The largest absolute Gasteiger partial charge is 0.394 e. The van der Waals surface area contributed by atoms with Crippen LogP contribution in [0.5, 0.6) is 0 Å². The summed E-state index contributed by atoms with van der Waals surface area (Å²) in [5.41, 5.74) is 3.31. The zero-order valence-electron chi connectivity index (χ0n) is 43.3. The second-order valence-corrected chi connectivity index (χ2v) is 20.0. The Morgan fingerprint density at radius 2 is 0.561 bits per heavy atom. The fraction of sp³-hybridized carbons (Fsp3) is 0.696. The normalized spacial score (nSPS) is 34.4. The predicted molar refractivity (Wildman–Crippen MR) is 257 cm³/mol. The zero-order chi connectivity index (χ0) is 58.5. The van der Waals surface area contributed by atoms with Gasteiger partial charge in [0, 0.05) is 0 Å². The molecule has 4 fully saturated rings. The van der Waals surface area contributed by atoms with Crippen LogP contribution >= 0.6 is 0 Å². The van der Waals surface area contributed by atoms with Gasteiger partial charge in [0.2, 0.25) is 0 Å². The van der Waals surface area contributed by atoms with Crippen LogP contribution in [0.1, 0.15) is 45.0 Å². The molecule has 0 amide bonds. The lowest BCUT2D eigenvalue weighted by atomic mass is 9.95. The molecule has 36 nitrogen and oxygen atoms in total. The number of aromatic nitrogens is 12. The van der Waals surface area contributed by atoms with Crippen LogP contribution in [-0.2, 0) is 90.5 Å². The minimum absolute atomic E-state index is 0.0236. The van der Waals surface area contributed by atoms with Crippen LogP contribution in [0.15, 0.2) is 36.9 Å². The first kappa shape index (κ1) is 61.4. The van der Waals surface area contributed by atoms with Crippen molar-refractivity contribution in [2.75, 3.05) is 26.4 Å². The molecule has 1 aromatic carbocycles. The molecular formula is C46H66N12O24. The molecule has 0 saturated carbocycles. The molecule has 5 aromatic rings. The van der Waals surface area contributed by atoms with E-state index < -0.39 is 149 Å². The van der Waals surface area contributed by atoms with E-state index in [0.717, 1.165) is 0 Å². The van der Waals surface area contributed by atoms with E-state index in [0.29, 0.717) is 22.3 Å². The maximum atomic E-state index is 10.6. The standard InChI is InChI=1S/C46H66N12O24/c59-11-27-31(63)35(67)39(71)43(79-27)75-15-21-5-55(51-47-21)3-19-1-2-20(4-56-6-22(48-52-56)16-76-44-40(72)36(68)32(64)28(12-60)80-44)26(10-58-8-24(50-54-58)18-78-46-42(74)38(70)34(66)30(14-62)82-46)25(19)9-57-7-23(49-53-57)17-77-45-41(73)37(69)33(65)29(13-61)81-45/h1-2,5-8,27-46,59-74H,3-4,9-18H2/t27-,28-,29-,30-,31-,32-,33-,34-,35+,36+,37+,38+,39+,40+,41+,42+,43+,44+,45+,46+/m1/s1. The molecule has 4 aliphatic rings. The molecule has 4 aromatic heterocycles. The zero-order valence-corrected chi connectivity index (χ0v) is 43.3. The summed E-state index contributed by atoms with van der Waals surface area (Å²) >= 11 is 0. The molecule has 454 valence electrons. The topological polar surface area (TPSA) is 520 Å². The van der Waals surface area contributed by atoms with Crippen LogP contribution in [-0.4, -0.2) is 291 Å². The molecular weight excluding hydrogens is 1100 g/mol. The second kappa shape index (κ2) is 27.2. The number of hydrogen-bond donors (Lipinski definition) is 16. The molecule has 9 rings (SSSR count). The number of hydrogen-bond acceptors (Lipinski definition) is 32. The van der Waals surface area contributed by atoms with Crippen molar-refractivity contribution < 1.29 is 120 Å². The molecule has 0 unspecified atom stereocenters. The van der Waals surface area contributed by atoms with Crippen molar-refractivity contribution in [1.82, 2.24) is 60.0 Å². The molecule has 0 spiro atoms. The van der Waals surface area contributed by atoms with Crippen molar-refractivity contribution in [3.63, 3.8) is 0 Å². The Hall–Kier alpha value is -5.18. The number of rotatable bonds is 24.